The summed E-state index contributed by atoms with van der Waals surface area (Å²) in [5.74, 6) is 0.214. The van der Waals surface area contributed by atoms with Crippen molar-refractivity contribution in [1.29, 1.82) is 0 Å². The van der Waals surface area contributed by atoms with E-state index in [-0.39, 0.29) is 17.4 Å². The molecule has 0 unspecified atom stereocenters. The standard InChI is InChI=1S/C19H29NO2Si/c1-19(2,3)23(4,5)22-15-18(21)11-8-12-20-13-16-9-6-7-10-17(16)14-20/h6-7,9-10,13-14H,8,11-12,15H2,1-5H3. The molecule has 0 radical (unpaired) electrons. The molecule has 126 valence electrons. The van der Waals surface area contributed by atoms with Crippen molar-refractivity contribution in [1.82, 2.24) is 4.57 Å². The SMILES string of the molecule is CC(C)(C)[Si](C)(C)OCC(=O)CCCn1cc2ccccc2c1. The number of hydrogen-bond acceptors (Lipinski definition) is 2. The first kappa shape index (κ1) is 18.0. The van der Waals surface area contributed by atoms with Gasteiger partial charge in [-0.05, 0) is 35.3 Å². The summed E-state index contributed by atoms with van der Waals surface area (Å²) in [6, 6.07) is 8.33. The molecule has 2 rings (SSSR count). The van der Waals surface area contributed by atoms with Gasteiger partial charge in [0, 0.05) is 25.4 Å². The highest BCUT2D eigenvalue weighted by atomic mass is 28.4. The number of benzene rings is 1. The number of Topliss-reactive ketones (excluding diaryl/α,β-unsaturated/α-hetero) is 1. The molecule has 0 amide bonds. The summed E-state index contributed by atoms with van der Waals surface area (Å²) in [5.41, 5.74) is 0. The molecule has 0 fully saturated rings. The zero-order chi connectivity index (χ0) is 17.1. The van der Waals surface area contributed by atoms with Gasteiger partial charge in [0.05, 0.1) is 6.61 Å². The molecule has 23 heavy (non-hydrogen) atoms. The van der Waals surface area contributed by atoms with E-state index in [1.54, 1.807) is 0 Å². The van der Waals surface area contributed by atoms with E-state index in [1.165, 1.54) is 10.8 Å². The molecule has 0 saturated carbocycles. The molecule has 1 heterocycles. The number of nitrogens with zero attached hydrogens (tertiary/aromatic N) is 1. The first-order valence-corrected chi connectivity index (χ1v) is 11.3. The quantitative estimate of drug-likeness (QED) is 0.668. The molecular formula is C19H29NO2Si. The summed E-state index contributed by atoms with van der Waals surface area (Å²) < 4.78 is 8.16. The molecule has 2 aromatic rings. The minimum absolute atomic E-state index is 0.151. The molecule has 0 N–H and O–H groups in total. The Bertz CT molecular complexity index is 634. The van der Waals surface area contributed by atoms with Crippen molar-refractivity contribution in [2.75, 3.05) is 6.61 Å². The van der Waals surface area contributed by atoms with Gasteiger partial charge in [0.1, 0.15) is 0 Å². The minimum Gasteiger partial charge on any atom is -0.410 e. The number of rotatable bonds is 7. The normalized spacial score (nSPS) is 12.7. The molecule has 0 aliphatic carbocycles. The smallest absolute Gasteiger partial charge is 0.192 e. The third kappa shape index (κ3) is 4.79. The van der Waals surface area contributed by atoms with Crippen LogP contribution in [0.15, 0.2) is 36.7 Å². The third-order valence-corrected chi connectivity index (χ3v) is 9.36. The molecule has 0 bridgehead atoms. The van der Waals surface area contributed by atoms with Crippen LogP contribution in [-0.4, -0.2) is 25.3 Å². The van der Waals surface area contributed by atoms with Crippen molar-refractivity contribution < 1.29 is 9.22 Å². The van der Waals surface area contributed by atoms with E-state index >= 15 is 0 Å². The number of ketones is 1. The maximum Gasteiger partial charge on any atom is 0.192 e. The van der Waals surface area contributed by atoms with Gasteiger partial charge in [-0.3, -0.25) is 4.79 Å². The lowest BCUT2D eigenvalue weighted by atomic mass is 10.2. The maximum atomic E-state index is 12.1. The Morgan fingerprint density at radius 2 is 1.70 bits per heavy atom. The van der Waals surface area contributed by atoms with Gasteiger partial charge in [0.2, 0.25) is 0 Å². The highest BCUT2D eigenvalue weighted by Crippen LogP contribution is 2.36. The summed E-state index contributed by atoms with van der Waals surface area (Å²) in [4.78, 5) is 12.1. The molecule has 1 aromatic carbocycles. The van der Waals surface area contributed by atoms with Crippen LogP contribution in [0, 0.1) is 0 Å². The second kappa shape index (κ2) is 7.01. The fourth-order valence-electron chi connectivity index (χ4n) is 2.28. The number of aromatic nitrogens is 1. The van der Waals surface area contributed by atoms with Gasteiger partial charge in [0.25, 0.3) is 0 Å². The van der Waals surface area contributed by atoms with Gasteiger partial charge in [-0.1, -0.05) is 45.0 Å². The molecule has 1 aromatic heterocycles. The van der Waals surface area contributed by atoms with Crippen LogP contribution in [0.3, 0.4) is 0 Å². The number of fused-ring (bicyclic) bond motifs is 1. The van der Waals surface area contributed by atoms with Crippen LogP contribution in [0.25, 0.3) is 10.8 Å². The van der Waals surface area contributed by atoms with Crippen LogP contribution >= 0.6 is 0 Å². The minimum atomic E-state index is -1.82. The largest absolute Gasteiger partial charge is 0.410 e. The predicted molar refractivity (Wildman–Crippen MR) is 99.3 cm³/mol. The lowest BCUT2D eigenvalue weighted by Crippen LogP contribution is -2.42. The van der Waals surface area contributed by atoms with Crippen LogP contribution in [0.2, 0.25) is 18.1 Å². The van der Waals surface area contributed by atoms with Crippen molar-refractivity contribution in [3.05, 3.63) is 36.7 Å². The highest BCUT2D eigenvalue weighted by molar-refractivity contribution is 6.74. The monoisotopic (exact) mass is 331 g/mol. The van der Waals surface area contributed by atoms with Crippen molar-refractivity contribution in [2.45, 2.75) is 58.3 Å². The maximum absolute atomic E-state index is 12.1. The summed E-state index contributed by atoms with van der Waals surface area (Å²) in [6.45, 7) is 12.1. The van der Waals surface area contributed by atoms with Gasteiger partial charge in [-0.25, -0.2) is 0 Å². The predicted octanol–water partition coefficient (Wildman–Crippen LogP) is 5.01. The Hall–Kier alpha value is -1.39. The number of carbonyl (C=O) groups excluding carboxylic acids is 1. The first-order chi connectivity index (χ1) is 10.7. The van der Waals surface area contributed by atoms with Crippen LogP contribution in [0.1, 0.15) is 33.6 Å². The zero-order valence-electron chi connectivity index (χ0n) is 15.1. The topological polar surface area (TPSA) is 31.2 Å². The van der Waals surface area contributed by atoms with E-state index in [0.717, 1.165) is 13.0 Å². The molecule has 0 aliphatic heterocycles. The van der Waals surface area contributed by atoms with Gasteiger partial charge in [0.15, 0.2) is 14.1 Å². The average Bonchev–Trinajstić information content (AvgIpc) is 2.86. The second-order valence-corrected chi connectivity index (χ2v) is 12.6. The third-order valence-electron chi connectivity index (χ3n) is 4.88. The zero-order valence-corrected chi connectivity index (χ0v) is 16.1. The van der Waals surface area contributed by atoms with Crippen LogP contribution < -0.4 is 0 Å². The van der Waals surface area contributed by atoms with E-state index in [2.05, 4.69) is 63.0 Å². The molecule has 0 spiro atoms. The lowest BCUT2D eigenvalue weighted by Gasteiger charge is -2.35. The van der Waals surface area contributed by atoms with E-state index in [9.17, 15) is 4.79 Å². The van der Waals surface area contributed by atoms with Crippen molar-refractivity contribution >= 4 is 24.9 Å². The number of aryl methyl sites for hydroxylation is 1. The Balaban J connectivity index is 1.76. The summed E-state index contributed by atoms with van der Waals surface area (Å²) in [5, 5.41) is 2.65. The van der Waals surface area contributed by atoms with Crippen LogP contribution in [0.4, 0.5) is 0 Å². The van der Waals surface area contributed by atoms with E-state index in [4.69, 9.17) is 4.43 Å². The number of carbonyl (C=O) groups is 1. The summed E-state index contributed by atoms with van der Waals surface area (Å²) in [6.07, 6.45) is 5.74. The molecule has 4 heteroatoms. The number of hydrogen-bond donors (Lipinski definition) is 0. The van der Waals surface area contributed by atoms with E-state index < -0.39 is 8.32 Å². The molecule has 0 aliphatic rings. The van der Waals surface area contributed by atoms with Crippen LogP contribution in [0.5, 0.6) is 0 Å². The molecular weight excluding hydrogens is 302 g/mol. The molecule has 0 atom stereocenters. The fraction of sp³-hybridized carbons (Fsp3) is 0.526. The molecule has 3 nitrogen and oxygen atoms in total. The molecule has 0 saturated heterocycles. The average molecular weight is 332 g/mol. The van der Waals surface area contributed by atoms with E-state index in [0.29, 0.717) is 6.42 Å². The Morgan fingerprint density at radius 3 is 2.22 bits per heavy atom. The van der Waals surface area contributed by atoms with Crippen LogP contribution in [-0.2, 0) is 15.8 Å². The second-order valence-electron chi connectivity index (χ2n) is 7.82. The lowest BCUT2D eigenvalue weighted by molar-refractivity contribution is -0.121. The summed E-state index contributed by atoms with van der Waals surface area (Å²) in [7, 11) is -1.82. The summed E-state index contributed by atoms with van der Waals surface area (Å²) >= 11 is 0. The Kier molecular flexibility index (Phi) is 5.47. The van der Waals surface area contributed by atoms with Crippen molar-refractivity contribution in [3.63, 3.8) is 0 Å². The highest BCUT2D eigenvalue weighted by Gasteiger charge is 2.37. The fourth-order valence-corrected chi connectivity index (χ4v) is 3.23. The van der Waals surface area contributed by atoms with Gasteiger partial charge < -0.3 is 8.99 Å². The first-order valence-electron chi connectivity index (χ1n) is 8.39. The van der Waals surface area contributed by atoms with Gasteiger partial charge in [-0.2, -0.15) is 0 Å². The van der Waals surface area contributed by atoms with Gasteiger partial charge >= 0.3 is 0 Å². The Morgan fingerprint density at radius 1 is 1.13 bits per heavy atom. The van der Waals surface area contributed by atoms with Crippen molar-refractivity contribution in [3.8, 4) is 0 Å². The van der Waals surface area contributed by atoms with Gasteiger partial charge in [-0.15, -0.1) is 0 Å². The van der Waals surface area contributed by atoms with E-state index in [1.807, 2.05) is 12.1 Å². The van der Waals surface area contributed by atoms with Crippen molar-refractivity contribution in [2.24, 2.45) is 0 Å². The Labute approximate surface area is 140 Å².